The van der Waals surface area contributed by atoms with Gasteiger partial charge < -0.3 is 9.47 Å². The van der Waals surface area contributed by atoms with Crippen molar-refractivity contribution in [3.63, 3.8) is 0 Å². The quantitative estimate of drug-likeness (QED) is 0.681. The lowest BCUT2D eigenvalue weighted by molar-refractivity contribution is -0.134. The monoisotopic (exact) mass is 390 g/mol. The molecule has 148 valence electrons. The third-order valence-corrected chi connectivity index (χ3v) is 6.13. The van der Waals surface area contributed by atoms with Crippen molar-refractivity contribution in [1.82, 2.24) is 19.0 Å². The molecule has 2 aliphatic heterocycles. The lowest BCUT2D eigenvalue weighted by Gasteiger charge is -2.42. The molecular weight excluding hydrogens is 368 g/mol. The summed E-state index contributed by atoms with van der Waals surface area (Å²) in [4.78, 5) is 43.8. The van der Waals surface area contributed by atoms with E-state index in [0.29, 0.717) is 43.0 Å². The van der Waals surface area contributed by atoms with Gasteiger partial charge in [-0.05, 0) is 30.5 Å². The summed E-state index contributed by atoms with van der Waals surface area (Å²) in [5.74, 6) is 0.548. The first-order chi connectivity index (χ1) is 14.1. The van der Waals surface area contributed by atoms with Gasteiger partial charge in [-0.2, -0.15) is 0 Å². The van der Waals surface area contributed by atoms with Crippen LogP contribution in [-0.2, 0) is 17.9 Å². The summed E-state index contributed by atoms with van der Waals surface area (Å²) in [6, 6.07) is 12.6. The van der Waals surface area contributed by atoms with Crippen molar-refractivity contribution in [2.45, 2.75) is 31.8 Å². The zero-order chi connectivity index (χ0) is 20.0. The molecule has 29 heavy (non-hydrogen) atoms. The molecule has 7 heteroatoms. The SMILES string of the molecule is O=C(CCn1cnc2ccccc2c1=O)N1C[C@@H]2C[C@H](C1)c1cccc(=O)n1C2. The molecule has 2 atom stereocenters. The normalized spacial score (nSPS) is 20.5. The number of benzene rings is 1. The number of rotatable bonds is 3. The van der Waals surface area contributed by atoms with E-state index < -0.39 is 0 Å². The first kappa shape index (κ1) is 17.8. The van der Waals surface area contributed by atoms with Gasteiger partial charge in [0.2, 0.25) is 5.91 Å². The van der Waals surface area contributed by atoms with Crippen molar-refractivity contribution in [3.05, 3.63) is 75.2 Å². The Labute approximate surface area is 167 Å². The van der Waals surface area contributed by atoms with E-state index in [1.807, 2.05) is 33.7 Å². The maximum Gasteiger partial charge on any atom is 0.261 e. The van der Waals surface area contributed by atoms with Gasteiger partial charge in [-0.25, -0.2) is 4.98 Å². The third kappa shape index (κ3) is 3.16. The van der Waals surface area contributed by atoms with Crippen molar-refractivity contribution in [2.75, 3.05) is 13.1 Å². The van der Waals surface area contributed by atoms with Crippen molar-refractivity contribution in [2.24, 2.45) is 5.92 Å². The molecule has 2 bridgehead atoms. The van der Waals surface area contributed by atoms with Crippen LogP contribution in [0.2, 0.25) is 0 Å². The highest BCUT2D eigenvalue weighted by Crippen LogP contribution is 2.35. The number of likely N-dealkylation sites (tertiary alicyclic amines) is 1. The van der Waals surface area contributed by atoms with Gasteiger partial charge >= 0.3 is 0 Å². The summed E-state index contributed by atoms with van der Waals surface area (Å²) in [7, 11) is 0. The Kier molecular flexibility index (Phi) is 4.30. The van der Waals surface area contributed by atoms with Crippen LogP contribution in [0.3, 0.4) is 0 Å². The fourth-order valence-electron chi connectivity index (χ4n) is 4.74. The molecule has 0 N–H and O–H groups in total. The van der Waals surface area contributed by atoms with Gasteiger partial charge in [-0.1, -0.05) is 18.2 Å². The molecule has 0 radical (unpaired) electrons. The molecular formula is C22H22N4O3. The van der Waals surface area contributed by atoms with Crippen LogP contribution in [0.25, 0.3) is 10.9 Å². The fraction of sp³-hybridized carbons (Fsp3) is 0.364. The van der Waals surface area contributed by atoms with Gasteiger partial charge in [0.1, 0.15) is 0 Å². The predicted octanol–water partition coefficient (Wildman–Crippen LogP) is 1.59. The van der Waals surface area contributed by atoms with Crippen molar-refractivity contribution >= 4 is 16.8 Å². The van der Waals surface area contributed by atoms with Crippen LogP contribution < -0.4 is 11.1 Å². The van der Waals surface area contributed by atoms with Gasteiger partial charge in [0, 0.05) is 50.3 Å². The second-order valence-electron chi connectivity index (χ2n) is 8.01. The zero-order valence-electron chi connectivity index (χ0n) is 16.0. The molecule has 0 spiro atoms. The van der Waals surface area contributed by atoms with E-state index in [1.54, 1.807) is 18.2 Å². The highest BCUT2D eigenvalue weighted by molar-refractivity contribution is 5.77. The largest absolute Gasteiger partial charge is 0.342 e. The lowest BCUT2D eigenvalue weighted by Crippen LogP contribution is -2.49. The van der Waals surface area contributed by atoms with E-state index in [1.165, 1.54) is 10.9 Å². The second-order valence-corrected chi connectivity index (χ2v) is 8.01. The molecule has 2 aromatic heterocycles. The standard InChI is InChI=1S/C22H22N4O3/c27-20(8-9-24-14-23-18-5-2-1-4-17(18)22(24)29)25-11-15-10-16(13-25)19-6-3-7-21(28)26(19)12-15/h1-7,14-16H,8-13H2/t15-,16+/m0/s1. The van der Waals surface area contributed by atoms with E-state index in [9.17, 15) is 14.4 Å². The smallest absolute Gasteiger partial charge is 0.261 e. The molecule has 7 nitrogen and oxygen atoms in total. The summed E-state index contributed by atoms with van der Waals surface area (Å²) in [6.07, 6.45) is 2.80. The van der Waals surface area contributed by atoms with Crippen molar-refractivity contribution in [1.29, 1.82) is 0 Å². The van der Waals surface area contributed by atoms with E-state index in [-0.39, 0.29) is 29.4 Å². The number of piperidine rings is 1. The summed E-state index contributed by atoms with van der Waals surface area (Å²) in [5.41, 5.74) is 1.62. The Hall–Kier alpha value is -3.22. The number of hydrogen-bond donors (Lipinski definition) is 0. The molecule has 2 aliphatic rings. The molecule has 1 saturated heterocycles. The first-order valence-corrected chi connectivity index (χ1v) is 10.0. The maximum absolute atomic E-state index is 12.9. The highest BCUT2D eigenvalue weighted by Gasteiger charge is 2.35. The number of carbonyl (C=O) groups is 1. The summed E-state index contributed by atoms with van der Waals surface area (Å²) >= 11 is 0. The van der Waals surface area contributed by atoms with Crippen LogP contribution in [-0.4, -0.2) is 38.0 Å². The van der Waals surface area contributed by atoms with Crippen LogP contribution in [0.15, 0.2) is 58.4 Å². The zero-order valence-corrected chi connectivity index (χ0v) is 16.0. The Balaban J connectivity index is 1.31. The summed E-state index contributed by atoms with van der Waals surface area (Å²) < 4.78 is 3.38. The number of hydrogen-bond acceptors (Lipinski definition) is 4. The van der Waals surface area contributed by atoms with Gasteiger partial charge in [0.25, 0.3) is 11.1 Å². The number of para-hydroxylation sites is 1. The van der Waals surface area contributed by atoms with Crippen LogP contribution in [0.5, 0.6) is 0 Å². The predicted molar refractivity (Wildman–Crippen MR) is 109 cm³/mol. The first-order valence-electron chi connectivity index (χ1n) is 10.0. The minimum atomic E-state index is -0.118. The maximum atomic E-state index is 12.9. The average molecular weight is 390 g/mol. The Morgan fingerprint density at radius 2 is 1.90 bits per heavy atom. The lowest BCUT2D eigenvalue weighted by atomic mass is 9.83. The molecule has 3 aromatic rings. The number of aromatic nitrogens is 3. The summed E-state index contributed by atoms with van der Waals surface area (Å²) in [6.45, 7) is 2.28. The van der Waals surface area contributed by atoms with Crippen molar-refractivity contribution in [3.8, 4) is 0 Å². The van der Waals surface area contributed by atoms with Crippen molar-refractivity contribution < 1.29 is 4.79 Å². The Bertz CT molecular complexity index is 1210. The topological polar surface area (TPSA) is 77.2 Å². The van der Waals surface area contributed by atoms with Crippen LogP contribution >= 0.6 is 0 Å². The minimum Gasteiger partial charge on any atom is -0.342 e. The number of amides is 1. The molecule has 1 fully saturated rings. The Morgan fingerprint density at radius 3 is 2.79 bits per heavy atom. The van der Waals surface area contributed by atoms with Gasteiger partial charge in [0.05, 0.1) is 17.2 Å². The van der Waals surface area contributed by atoms with Gasteiger partial charge in [-0.3, -0.25) is 19.0 Å². The average Bonchev–Trinajstić information content (AvgIpc) is 2.74. The molecule has 1 aromatic carbocycles. The molecule has 1 amide bonds. The molecule has 0 aliphatic carbocycles. The second kappa shape index (κ2) is 6.99. The van der Waals surface area contributed by atoms with E-state index in [2.05, 4.69) is 4.98 Å². The number of aryl methyl sites for hydroxylation is 1. The van der Waals surface area contributed by atoms with E-state index >= 15 is 0 Å². The molecule has 0 saturated carbocycles. The number of fused-ring (bicyclic) bond motifs is 5. The van der Waals surface area contributed by atoms with E-state index in [0.717, 1.165) is 12.1 Å². The number of pyridine rings is 1. The molecule has 4 heterocycles. The minimum absolute atomic E-state index is 0.0418. The number of carbonyl (C=O) groups excluding carboxylic acids is 1. The Morgan fingerprint density at radius 1 is 1.03 bits per heavy atom. The van der Waals surface area contributed by atoms with Crippen LogP contribution in [0.1, 0.15) is 24.5 Å². The summed E-state index contributed by atoms with van der Waals surface area (Å²) in [5, 5.41) is 0.567. The fourth-order valence-corrected chi connectivity index (χ4v) is 4.74. The van der Waals surface area contributed by atoms with E-state index in [4.69, 9.17) is 0 Å². The molecule has 5 rings (SSSR count). The highest BCUT2D eigenvalue weighted by atomic mass is 16.2. The van der Waals surface area contributed by atoms with Crippen LogP contribution in [0, 0.1) is 5.92 Å². The van der Waals surface area contributed by atoms with Gasteiger partial charge in [0.15, 0.2) is 0 Å². The van der Waals surface area contributed by atoms with Gasteiger partial charge in [-0.15, -0.1) is 0 Å². The third-order valence-electron chi connectivity index (χ3n) is 6.13. The number of nitrogens with zero attached hydrogens (tertiary/aromatic N) is 4. The molecule has 0 unspecified atom stereocenters. The van der Waals surface area contributed by atoms with Crippen LogP contribution in [0.4, 0.5) is 0 Å².